The van der Waals surface area contributed by atoms with Crippen molar-refractivity contribution in [2.45, 2.75) is 31.5 Å². The lowest BCUT2D eigenvalue weighted by Crippen LogP contribution is -2.44. The smallest absolute Gasteiger partial charge is 0.380 e. The normalized spacial score (nSPS) is 26.1. The van der Waals surface area contributed by atoms with Gasteiger partial charge in [-0.05, 0) is 25.7 Å². The molecule has 0 amide bonds. The minimum Gasteiger partial charge on any atom is -0.380 e. The van der Waals surface area contributed by atoms with Crippen molar-refractivity contribution in [2.75, 3.05) is 0 Å². The Hall–Kier alpha value is -0.250. The van der Waals surface area contributed by atoms with Gasteiger partial charge in [0.1, 0.15) is 0 Å². The average molecular weight is 154 g/mol. The van der Waals surface area contributed by atoms with Crippen LogP contribution < -0.4 is 0 Å². The molecule has 1 N–H and O–H groups in total. The van der Waals surface area contributed by atoms with E-state index in [9.17, 15) is 13.2 Å². The van der Waals surface area contributed by atoms with Crippen LogP contribution in [0, 0.1) is 5.92 Å². The highest BCUT2D eigenvalue weighted by atomic mass is 19.4. The molecule has 0 radical (unpaired) electrons. The minimum atomic E-state index is -4.46. The molecule has 60 valence electrons. The maximum atomic E-state index is 11.9. The van der Waals surface area contributed by atoms with E-state index in [2.05, 4.69) is 0 Å². The second-order valence-electron chi connectivity index (χ2n) is 2.92. The van der Waals surface area contributed by atoms with Gasteiger partial charge in [-0.3, -0.25) is 0 Å². The number of aliphatic hydroxyl groups is 1. The van der Waals surface area contributed by atoms with Gasteiger partial charge in [-0.2, -0.15) is 13.2 Å². The minimum absolute atomic E-state index is 0.493. The third kappa shape index (κ3) is 1.12. The van der Waals surface area contributed by atoms with Crippen LogP contribution in [0.15, 0.2) is 0 Å². The van der Waals surface area contributed by atoms with Crippen molar-refractivity contribution in [1.29, 1.82) is 0 Å². The molecule has 1 atom stereocenters. The molecular weight excluding hydrogens is 145 g/mol. The SMILES string of the molecule is CC(O)(C1CC1)C(F)(F)F. The Kier molecular flexibility index (Phi) is 1.47. The molecule has 10 heavy (non-hydrogen) atoms. The molecule has 0 heterocycles. The lowest BCUT2D eigenvalue weighted by Gasteiger charge is -2.25. The van der Waals surface area contributed by atoms with Gasteiger partial charge in [-0.25, -0.2) is 0 Å². The number of hydrogen-bond donors (Lipinski definition) is 1. The van der Waals surface area contributed by atoms with Crippen LogP contribution in [0.25, 0.3) is 0 Å². The van der Waals surface area contributed by atoms with E-state index in [0.29, 0.717) is 12.8 Å². The topological polar surface area (TPSA) is 20.2 Å². The first kappa shape index (κ1) is 7.85. The van der Waals surface area contributed by atoms with E-state index in [0.717, 1.165) is 6.92 Å². The summed E-state index contributed by atoms with van der Waals surface area (Å²) in [6, 6.07) is 0. The van der Waals surface area contributed by atoms with Crippen molar-refractivity contribution < 1.29 is 18.3 Å². The molecule has 1 aliphatic carbocycles. The summed E-state index contributed by atoms with van der Waals surface area (Å²) >= 11 is 0. The summed E-state index contributed by atoms with van der Waals surface area (Å²) in [7, 11) is 0. The van der Waals surface area contributed by atoms with E-state index in [1.165, 1.54) is 0 Å². The van der Waals surface area contributed by atoms with Crippen LogP contribution in [0.1, 0.15) is 19.8 Å². The van der Waals surface area contributed by atoms with E-state index in [-0.39, 0.29) is 0 Å². The van der Waals surface area contributed by atoms with Gasteiger partial charge in [-0.15, -0.1) is 0 Å². The van der Waals surface area contributed by atoms with Gasteiger partial charge < -0.3 is 5.11 Å². The monoisotopic (exact) mass is 154 g/mol. The zero-order chi connectivity index (χ0) is 7.99. The van der Waals surface area contributed by atoms with E-state index in [1.807, 2.05) is 0 Å². The molecule has 0 aliphatic heterocycles. The molecule has 1 rings (SSSR count). The van der Waals surface area contributed by atoms with E-state index in [1.54, 1.807) is 0 Å². The summed E-state index contributed by atoms with van der Waals surface area (Å²) in [4.78, 5) is 0. The van der Waals surface area contributed by atoms with E-state index >= 15 is 0 Å². The first-order valence-electron chi connectivity index (χ1n) is 3.15. The van der Waals surface area contributed by atoms with Crippen molar-refractivity contribution in [1.82, 2.24) is 0 Å². The molecule has 0 aromatic rings. The largest absolute Gasteiger partial charge is 0.417 e. The zero-order valence-corrected chi connectivity index (χ0v) is 5.57. The Morgan fingerprint density at radius 2 is 1.70 bits per heavy atom. The van der Waals surface area contributed by atoms with Crippen molar-refractivity contribution in [2.24, 2.45) is 5.92 Å². The fourth-order valence-electron chi connectivity index (χ4n) is 0.877. The molecule has 1 aliphatic rings. The number of halogens is 3. The van der Waals surface area contributed by atoms with Crippen LogP contribution in [0.4, 0.5) is 13.2 Å². The molecule has 0 spiro atoms. The van der Waals surface area contributed by atoms with Gasteiger partial charge in [0, 0.05) is 0 Å². The lowest BCUT2D eigenvalue weighted by molar-refractivity contribution is -0.260. The molecule has 0 bridgehead atoms. The summed E-state index contributed by atoms with van der Waals surface area (Å²) in [6.45, 7) is 0.838. The number of rotatable bonds is 1. The summed E-state index contributed by atoms with van der Waals surface area (Å²) in [5.74, 6) is -0.563. The molecular formula is C6H9F3O. The number of alkyl halides is 3. The van der Waals surface area contributed by atoms with Crippen LogP contribution in [-0.4, -0.2) is 16.9 Å². The van der Waals surface area contributed by atoms with Crippen LogP contribution >= 0.6 is 0 Å². The van der Waals surface area contributed by atoms with Crippen molar-refractivity contribution in [3.8, 4) is 0 Å². The standard InChI is InChI=1S/C6H9F3O/c1-5(10,4-2-3-4)6(7,8)9/h4,10H,2-3H2,1H3. The molecule has 1 nitrogen and oxygen atoms in total. The van der Waals surface area contributed by atoms with Crippen LogP contribution in [0.3, 0.4) is 0 Å². The Morgan fingerprint density at radius 1 is 1.30 bits per heavy atom. The molecule has 0 aromatic carbocycles. The highest BCUT2D eigenvalue weighted by Crippen LogP contribution is 2.47. The fourth-order valence-corrected chi connectivity index (χ4v) is 0.877. The molecule has 1 saturated carbocycles. The van der Waals surface area contributed by atoms with Crippen molar-refractivity contribution in [3.63, 3.8) is 0 Å². The van der Waals surface area contributed by atoms with E-state index in [4.69, 9.17) is 5.11 Å². The third-order valence-corrected chi connectivity index (χ3v) is 1.95. The van der Waals surface area contributed by atoms with Gasteiger partial charge in [0.05, 0.1) is 0 Å². The average Bonchev–Trinajstić information content (AvgIpc) is 2.38. The second kappa shape index (κ2) is 1.87. The predicted molar refractivity (Wildman–Crippen MR) is 29.4 cm³/mol. The van der Waals surface area contributed by atoms with Gasteiger partial charge >= 0.3 is 6.18 Å². The zero-order valence-electron chi connectivity index (χ0n) is 5.57. The predicted octanol–water partition coefficient (Wildman–Crippen LogP) is 1.71. The summed E-state index contributed by atoms with van der Waals surface area (Å²) < 4.78 is 35.6. The van der Waals surface area contributed by atoms with Gasteiger partial charge in [-0.1, -0.05) is 0 Å². The Labute approximate surface area is 56.8 Å². The first-order chi connectivity index (χ1) is 4.36. The van der Waals surface area contributed by atoms with Gasteiger partial charge in [0.15, 0.2) is 5.60 Å². The van der Waals surface area contributed by atoms with Gasteiger partial charge in [0.25, 0.3) is 0 Å². The highest BCUT2D eigenvalue weighted by molar-refractivity contribution is 4.96. The van der Waals surface area contributed by atoms with Crippen molar-refractivity contribution >= 4 is 0 Å². The second-order valence-corrected chi connectivity index (χ2v) is 2.92. The Bertz CT molecular complexity index is 134. The third-order valence-electron chi connectivity index (χ3n) is 1.95. The fraction of sp³-hybridized carbons (Fsp3) is 1.00. The van der Waals surface area contributed by atoms with Crippen LogP contribution in [0.5, 0.6) is 0 Å². The maximum Gasteiger partial charge on any atom is 0.417 e. The highest BCUT2D eigenvalue weighted by Gasteiger charge is 2.58. The lowest BCUT2D eigenvalue weighted by atomic mass is 10.0. The first-order valence-corrected chi connectivity index (χ1v) is 3.15. The molecule has 0 aromatic heterocycles. The van der Waals surface area contributed by atoms with Crippen LogP contribution in [0.2, 0.25) is 0 Å². The molecule has 1 fully saturated rings. The summed E-state index contributed by atoms with van der Waals surface area (Å²) in [5, 5.41) is 8.87. The van der Waals surface area contributed by atoms with Crippen LogP contribution in [-0.2, 0) is 0 Å². The Morgan fingerprint density at radius 3 is 1.80 bits per heavy atom. The molecule has 1 unspecified atom stereocenters. The summed E-state index contributed by atoms with van der Waals surface area (Å²) in [5.41, 5.74) is -2.45. The summed E-state index contributed by atoms with van der Waals surface area (Å²) in [6.07, 6.45) is -3.48. The molecule has 4 heteroatoms. The number of hydrogen-bond acceptors (Lipinski definition) is 1. The quantitative estimate of drug-likeness (QED) is 0.609. The maximum absolute atomic E-state index is 11.9. The molecule has 0 saturated heterocycles. The van der Waals surface area contributed by atoms with Gasteiger partial charge in [0.2, 0.25) is 0 Å². The van der Waals surface area contributed by atoms with E-state index < -0.39 is 17.7 Å². The van der Waals surface area contributed by atoms with Crippen molar-refractivity contribution in [3.05, 3.63) is 0 Å². The Balaban J connectivity index is 2.66.